The third-order valence-electron chi connectivity index (χ3n) is 3.29. The number of hydrogen-bond donors (Lipinski definition) is 1. The summed E-state index contributed by atoms with van der Waals surface area (Å²) in [6, 6.07) is 2.00. The van der Waals surface area contributed by atoms with E-state index in [1.807, 2.05) is 11.4 Å². The monoisotopic (exact) mass is 338 g/mol. The highest BCUT2D eigenvalue weighted by molar-refractivity contribution is 9.10. The van der Waals surface area contributed by atoms with Crippen LogP contribution in [0.15, 0.2) is 22.1 Å². The number of aliphatic carboxylic acids is 1. The fourth-order valence-corrected chi connectivity index (χ4v) is 3.63. The zero-order valence-corrected chi connectivity index (χ0v) is 12.4. The number of aromatic nitrogens is 2. The van der Waals surface area contributed by atoms with Gasteiger partial charge in [0, 0.05) is 21.7 Å². The molecule has 0 bridgehead atoms. The molecule has 0 spiro atoms. The molecule has 2 aromatic rings. The lowest BCUT2D eigenvalue weighted by atomic mass is 9.87. The minimum atomic E-state index is -0.725. The third-order valence-corrected chi connectivity index (χ3v) is 4.97. The highest BCUT2D eigenvalue weighted by Crippen LogP contribution is 2.30. The largest absolute Gasteiger partial charge is 0.481 e. The van der Waals surface area contributed by atoms with Gasteiger partial charge in [0.05, 0.1) is 10.8 Å². The van der Waals surface area contributed by atoms with Crippen molar-refractivity contribution in [3.63, 3.8) is 0 Å². The molecule has 2 aromatic heterocycles. The Hall–Kier alpha value is -1.27. The molecule has 1 aliphatic rings. The zero-order chi connectivity index (χ0) is 13.4. The Morgan fingerprint density at radius 2 is 2.37 bits per heavy atom. The van der Waals surface area contributed by atoms with Crippen LogP contribution in [-0.2, 0) is 17.6 Å². The molecule has 0 aliphatic heterocycles. The van der Waals surface area contributed by atoms with E-state index in [9.17, 15) is 4.79 Å². The fourth-order valence-electron chi connectivity index (χ4n) is 2.27. The van der Waals surface area contributed by atoms with Gasteiger partial charge in [-0.2, -0.15) is 0 Å². The topological polar surface area (TPSA) is 63.1 Å². The number of carboxylic acid groups (broad SMARTS) is 1. The first-order chi connectivity index (χ1) is 9.13. The van der Waals surface area contributed by atoms with Gasteiger partial charge in [-0.1, -0.05) is 0 Å². The van der Waals surface area contributed by atoms with Crippen molar-refractivity contribution in [3.8, 4) is 10.7 Å². The molecule has 1 N–H and O–H groups in total. The molecule has 0 saturated carbocycles. The van der Waals surface area contributed by atoms with Crippen LogP contribution in [0.25, 0.3) is 10.7 Å². The molecule has 4 nitrogen and oxygen atoms in total. The van der Waals surface area contributed by atoms with Crippen molar-refractivity contribution in [2.45, 2.75) is 19.3 Å². The fraction of sp³-hybridized carbons (Fsp3) is 0.308. The van der Waals surface area contributed by atoms with Crippen molar-refractivity contribution in [1.82, 2.24) is 9.97 Å². The van der Waals surface area contributed by atoms with Crippen LogP contribution in [0.2, 0.25) is 0 Å². The molecule has 1 unspecified atom stereocenters. The maximum Gasteiger partial charge on any atom is 0.306 e. The summed E-state index contributed by atoms with van der Waals surface area (Å²) in [5, 5.41) is 11.1. The van der Waals surface area contributed by atoms with Crippen molar-refractivity contribution in [2.24, 2.45) is 5.92 Å². The van der Waals surface area contributed by atoms with Crippen LogP contribution < -0.4 is 0 Å². The maximum atomic E-state index is 11.0. The van der Waals surface area contributed by atoms with Gasteiger partial charge in [0.2, 0.25) is 0 Å². The smallest absolute Gasteiger partial charge is 0.306 e. The summed E-state index contributed by atoms with van der Waals surface area (Å²) in [4.78, 5) is 21.0. The molecule has 2 heterocycles. The normalized spacial score (nSPS) is 18.1. The van der Waals surface area contributed by atoms with Crippen LogP contribution in [0, 0.1) is 5.92 Å². The van der Waals surface area contributed by atoms with Crippen molar-refractivity contribution >= 4 is 33.2 Å². The lowest BCUT2D eigenvalue weighted by Crippen LogP contribution is -2.23. The summed E-state index contributed by atoms with van der Waals surface area (Å²) >= 11 is 5.01. The molecular weight excluding hydrogens is 328 g/mol. The first-order valence-corrected chi connectivity index (χ1v) is 7.63. The minimum absolute atomic E-state index is 0.294. The second kappa shape index (κ2) is 5.02. The Labute approximate surface area is 122 Å². The lowest BCUT2D eigenvalue weighted by Gasteiger charge is -2.20. The van der Waals surface area contributed by atoms with Crippen molar-refractivity contribution in [3.05, 3.63) is 33.4 Å². The van der Waals surface area contributed by atoms with Gasteiger partial charge in [0.1, 0.15) is 0 Å². The van der Waals surface area contributed by atoms with Gasteiger partial charge in [-0.25, -0.2) is 9.97 Å². The van der Waals surface area contributed by atoms with Gasteiger partial charge >= 0.3 is 5.97 Å². The first kappa shape index (κ1) is 12.7. The van der Waals surface area contributed by atoms with Gasteiger partial charge in [-0.15, -0.1) is 11.3 Å². The van der Waals surface area contributed by atoms with Crippen molar-refractivity contribution < 1.29 is 9.90 Å². The zero-order valence-electron chi connectivity index (χ0n) is 9.97. The second-order valence-corrected chi connectivity index (χ2v) is 6.40. The summed E-state index contributed by atoms with van der Waals surface area (Å²) in [6.07, 6.45) is 3.70. The Morgan fingerprint density at radius 3 is 3.05 bits per heavy atom. The molecule has 19 heavy (non-hydrogen) atoms. The Balaban J connectivity index is 1.91. The summed E-state index contributed by atoms with van der Waals surface area (Å²) in [7, 11) is 0. The van der Waals surface area contributed by atoms with E-state index in [2.05, 4.69) is 25.9 Å². The van der Waals surface area contributed by atoms with E-state index in [1.54, 1.807) is 17.5 Å². The first-order valence-electron chi connectivity index (χ1n) is 5.95. The number of fused-ring (bicyclic) bond motifs is 1. The quantitative estimate of drug-likeness (QED) is 0.913. The standard InChI is InChI=1S/C13H11BrN2O2S/c14-9-4-11(19-6-9)12-15-5-8-3-7(13(17)18)1-2-10(8)16-12/h4-7H,1-3H2,(H,17,18). The van der Waals surface area contributed by atoms with E-state index in [1.165, 1.54) is 0 Å². The predicted molar refractivity (Wildman–Crippen MR) is 76.2 cm³/mol. The molecule has 1 aliphatic carbocycles. The number of thiophene rings is 1. The molecule has 3 rings (SSSR count). The van der Waals surface area contributed by atoms with E-state index >= 15 is 0 Å². The number of hydrogen-bond acceptors (Lipinski definition) is 4. The van der Waals surface area contributed by atoms with Crippen LogP contribution in [0.3, 0.4) is 0 Å². The van der Waals surface area contributed by atoms with E-state index < -0.39 is 5.97 Å². The maximum absolute atomic E-state index is 11.0. The van der Waals surface area contributed by atoms with Crippen molar-refractivity contribution in [2.75, 3.05) is 0 Å². The number of carbonyl (C=O) groups is 1. The summed E-state index contributed by atoms with van der Waals surface area (Å²) < 4.78 is 1.03. The predicted octanol–water partition coefficient (Wildman–Crippen LogP) is 3.16. The van der Waals surface area contributed by atoms with E-state index in [4.69, 9.17) is 5.11 Å². The third kappa shape index (κ3) is 2.55. The van der Waals surface area contributed by atoms with E-state index in [0.29, 0.717) is 19.3 Å². The van der Waals surface area contributed by atoms with Crippen LogP contribution in [0.1, 0.15) is 17.7 Å². The van der Waals surface area contributed by atoms with Gasteiger partial charge < -0.3 is 5.11 Å². The summed E-state index contributed by atoms with van der Waals surface area (Å²) in [5.41, 5.74) is 1.96. The molecule has 0 amide bonds. The van der Waals surface area contributed by atoms with Crippen LogP contribution in [-0.4, -0.2) is 21.0 Å². The highest BCUT2D eigenvalue weighted by Gasteiger charge is 2.25. The molecule has 6 heteroatoms. The Bertz CT molecular complexity index is 641. The number of carboxylic acids is 1. The Morgan fingerprint density at radius 1 is 1.53 bits per heavy atom. The van der Waals surface area contributed by atoms with Gasteiger partial charge in [0.15, 0.2) is 5.82 Å². The number of aryl methyl sites for hydroxylation is 1. The molecule has 0 radical (unpaired) electrons. The molecule has 1 atom stereocenters. The van der Waals surface area contributed by atoms with Crippen molar-refractivity contribution in [1.29, 1.82) is 0 Å². The molecule has 0 aromatic carbocycles. The summed E-state index contributed by atoms with van der Waals surface area (Å²) in [5.74, 6) is -0.294. The van der Waals surface area contributed by atoms with Gasteiger partial charge in [0.25, 0.3) is 0 Å². The molecule has 0 fully saturated rings. The van der Waals surface area contributed by atoms with Gasteiger partial charge in [-0.3, -0.25) is 4.79 Å². The summed E-state index contributed by atoms with van der Waals surface area (Å²) in [6.45, 7) is 0. The molecular formula is C13H11BrN2O2S. The molecule has 98 valence electrons. The van der Waals surface area contributed by atoms with E-state index in [-0.39, 0.29) is 5.92 Å². The van der Waals surface area contributed by atoms with Gasteiger partial charge in [-0.05, 0) is 46.8 Å². The van der Waals surface area contributed by atoms with Crippen LogP contribution in [0.5, 0.6) is 0 Å². The average molecular weight is 339 g/mol. The number of halogens is 1. The second-order valence-electron chi connectivity index (χ2n) is 4.57. The molecule has 0 saturated heterocycles. The Kier molecular flexibility index (Phi) is 3.36. The number of nitrogens with zero attached hydrogens (tertiary/aromatic N) is 2. The van der Waals surface area contributed by atoms with E-state index in [0.717, 1.165) is 26.4 Å². The minimum Gasteiger partial charge on any atom is -0.481 e. The van der Waals surface area contributed by atoms with Crippen LogP contribution in [0.4, 0.5) is 0 Å². The lowest BCUT2D eigenvalue weighted by molar-refractivity contribution is -0.142. The van der Waals surface area contributed by atoms with Crippen LogP contribution >= 0.6 is 27.3 Å². The average Bonchev–Trinajstić information content (AvgIpc) is 2.84. The number of rotatable bonds is 2. The SMILES string of the molecule is O=C(O)C1CCc2nc(-c3cc(Br)cs3)ncc2C1. The highest BCUT2D eigenvalue weighted by atomic mass is 79.9.